The van der Waals surface area contributed by atoms with Crippen LogP contribution in [0.25, 0.3) is 0 Å². The fourth-order valence-corrected chi connectivity index (χ4v) is 2.74. The van der Waals surface area contributed by atoms with E-state index in [-0.39, 0.29) is 16.6 Å². The highest BCUT2D eigenvalue weighted by Gasteiger charge is 2.07. The summed E-state index contributed by atoms with van der Waals surface area (Å²) >= 11 is 5.64. The zero-order valence-corrected chi connectivity index (χ0v) is 10.8. The van der Waals surface area contributed by atoms with Gasteiger partial charge in [0.15, 0.2) is 0 Å². The molecule has 0 bridgehead atoms. The first-order valence-corrected chi connectivity index (χ1v) is 6.84. The van der Waals surface area contributed by atoms with Gasteiger partial charge in [-0.3, -0.25) is 4.21 Å². The van der Waals surface area contributed by atoms with Gasteiger partial charge in [-0.2, -0.15) is 0 Å². The van der Waals surface area contributed by atoms with Crippen LogP contribution in [-0.4, -0.2) is 4.21 Å². The van der Waals surface area contributed by atoms with E-state index in [1.165, 1.54) is 42.5 Å². The quantitative estimate of drug-likeness (QED) is 0.836. The summed E-state index contributed by atoms with van der Waals surface area (Å²) in [4.78, 5) is 0.525. The van der Waals surface area contributed by atoms with Crippen LogP contribution < -0.4 is 0 Å². The Bertz CT molecular complexity index is 584. The van der Waals surface area contributed by atoms with Crippen LogP contribution in [0.4, 0.5) is 8.78 Å². The molecule has 0 aliphatic rings. The Kier molecular flexibility index (Phi) is 4.09. The van der Waals surface area contributed by atoms with Crippen molar-refractivity contribution in [2.45, 2.75) is 10.6 Å². The average Bonchev–Trinajstić information content (AvgIpc) is 2.34. The molecular weight excluding hydrogens is 278 g/mol. The van der Waals surface area contributed by atoms with Crippen LogP contribution in [0.5, 0.6) is 0 Å². The molecule has 0 aliphatic heterocycles. The molecule has 94 valence electrons. The zero-order valence-electron chi connectivity index (χ0n) is 9.20. The van der Waals surface area contributed by atoms with E-state index in [9.17, 15) is 13.0 Å². The molecule has 0 aliphatic carbocycles. The molecule has 0 amide bonds. The zero-order chi connectivity index (χ0) is 13.1. The van der Waals surface area contributed by atoms with Crippen molar-refractivity contribution in [3.8, 4) is 0 Å². The van der Waals surface area contributed by atoms with Crippen molar-refractivity contribution in [1.29, 1.82) is 0 Å². The van der Waals surface area contributed by atoms with Crippen LogP contribution in [0.15, 0.2) is 47.4 Å². The Labute approximate surface area is 111 Å². The summed E-state index contributed by atoms with van der Waals surface area (Å²) < 4.78 is 37.6. The van der Waals surface area contributed by atoms with E-state index in [4.69, 9.17) is 11.6 Å². The van der Waals surface area contributed by atoms with Crippen LogP contribution in [0, 0.1) is 11.6 Å². The summed E-state index contributed by atoms with van der Waals surface area (Å²) in [5.41, 5.74) is 0.670. The van der Waals surface area contributed by atoms with Crippen LogP contribution in [-0.2, 0) is 16.6 Å². The Morgan fingerprint density at radius 2 is 1.72 bits per heavy atom. The van der Waals surface area contributed by atoms with Gasteiger partial charge in [0, 0.05) is 4.90 Å². The summed E-state index contributed by atoms with van der Waals surface area (Å²) in [6.45, 7) is 0. The first kappa shape index (κ1) is 13.2. The summed E-state index contributed by atoms with van der Waals surface area (Å²) in [7, 11) is -1.31. The first-order valence-electron chi connectivity index (χ1n) is 5.14. The van der Waals surface area contributed by atoms with Crippen LogP contribution in [0.3, 0.4) is 0 Å². The van der Waals surface area contributed by atoms with E-state index in [2.05, 4.69) is 0 Å². The highest BCUT2D eigenvalue weighted by atomic mass is 35.5. The normalized spacial score (nSPS) is 12.4. The molecule has 2 aromatic rings. The van der Waals surface area contributed by atoms with Crippen LogP contribution >= 0.6 is 11.6 Å². The lowest BCUT2D eigenvalue weighted by molar-refractivity contribution is 0.625. The fourth-order valence-electron chi connectivity index (χ4n) is 1.45. The summed E-state index contributed by atoms with van der Waals surface area (Å²) in [6.07, 6.45) is 0. The third kappa shape index (κ3) is 3.15. The second-order valence-electron chi connectivity index (χ2n) is 3.69. The predicted octanol–water partition coefficient (Wildman–Crippen LogP) is 3.93. The summed E-state index contributed by atoms with van der Waals surface area (Å²) in [5.74, 6) is -0.667. The SMILES string of the molecule is O=S(Cc1ccc(F)c(Cl)c1)c1ccc(F)cc1. The molecule has 0 spiro atoms. The lowest BCUT2D eigenvalue weighted by Gasteiger charge is -2.04. The standard InChI is InChI=1S/C13H9ClF2OS/c14-12-7-9(1-6-13(12)16)8-18(17)11-4-2-10(15)3-5-11/h1-7H,8H2. The second-order valence-corrected chi connectivity index (χ2v) is 5.55. The van der Waals surface area contributed by atoms with Gasteiger partial charge in [0.25, 0.3) is 0 Å². The van der Waals surface area contributed by atoms with E-state index >= 15 is 0 Å². The van der Waals surface area contributed by atoms with Crippen molar-refractivity contribution >= 4 is 22.4 Å². The van der Waals surface area contributed by atoms with E-state index in [1.807, 2.05) is 0 Å². The third-order valence-electron chi connectivity index (χ3n) is 2.36. The van der Waals surface area contributed by atoms with Gasteiger partial charge in [-0.05, 0) is 42.0 Å². The van der Waals surface area contributed by atoms with Crippen molar-refractivity contribution in [2.24, 2.45) is 0 Å². The van der Waals surface area contributed by atoms with Gasteiger partial charge in [0.05, 0.1) is 21.6 Å². The Morgan fingerprint density at radius 3 is 2.33 bits per heavy atom. The average molecular weight is 287 g/mol. The molecule has 1 atom stereocenters. The summed E-state index contributed by atoms with van der Waals surface area (Å²) in [5, 5.41) is 0.00334. The topological polar surface area (TPSA) is 17.1 Å². The van der Waals surface area contributed by atoms with Gasteiger partial charge >= 0.3 is 0 Å². The number of benzene rings is 2. The molecule has 18 heavy (non-hydrogen) atoms. The van der Waals surface area contributed by atoms with Gasteiger partial charge in [-0.25, -0.2) is 8.78 Å². The molecular formula is C13H9ClF2OS. The first-order chi connectivity index (χ1) is 8.56. The maximum Gasteiger partial charge on any atom is 0.141 e. The van der Waals surface area contributed by atoms with Crippen molar-refractivity contribution < 1.29 is 13.0 Å². The second kappa shape index (κ2) is 5.59. The van der Waals surface area contributed by atoms with Gasteiger partial charge in [-0.1, -0.05) is 17.7 Å². The molecule has 2 aromatic carbocycles. The van der Waals surface area contributed by atoms with Gasteiger partial charge in [-0.15, -0.1) is 0 Å². The molecule has 0 N–H and O–H groups in total. The van der Waals surface area contributed by atoms with Crippen molar-refractivity contribution in [3.05, 3.63) is 64.7 Å². The Hall–Kier alpha value is -1.26. The maximum atomic E-state index is 13.0. The highest BCUT2D eigenvalue weighted by molar-refractivity contribution is 7.84. The monoisotopic (exact) mass is 286 g/mol. The lowest BCUT2D eigenvalue weighted by Crippen LogP contribution is -1.97. The van der Waals surface area contributed by atoms with Gasteiger partial charge in [0.2, 0.25) is 0 Å². The molecule has 0 heterocycles. The molecule has 0 radical (unpaired) electrons. The largest absolute Gasteiger partial charge is 0.254 e. The highest BCUT2D eigenvalue weighted by Crippen LogP contribution is 2.19. The molecule has 1 nitrogen and oxygen atoms in total. The third-order valence-corrected chi connectivity index (χ3v) is 4.04. The minimum Gasteiger partial charge on any atom is -0.254 e. The number of hydrogen-bond acceptors (Lipinski definition) is 1. The molecule has 0 saturated carbocycles. The molecule has 0 fully saturated rings. The smallest absolute Gasteiger partial charge is 0.141 e. The van der Waals surface area contributed by atoms with Crippen molar-refractivity contribution in [2.75, 3.05) is 0 Å². The molecule has 2 rings (SSSR count). The minimum absolute atomic E-state index is 0.00334. The number of halogens is 3. The van der Waals surface area contributed by atoms with E-state index in [0.29, 0.717) is 10.5 Å². The Morgan fingerprint density at radius 1 is 1.06 bits per heavy atom. The summed E-state index contributed by atoms with van der Waals surface area (Å²) in [6, 6.07) is 9.66. The van der Waals surface area contributed by atoms with Crippen molar-refractivity contribution in [1.82, 2.24) is 0 Å². The molecule has 0 aromatic heterocycles. The Balaban J connectivity index is 2.16. The van der Waals surface area contributed by atoms with Crippen LogP contribution in [0.2, 0.25) is 5.02 Å². The maximum absolute atomic E-state index is 13.0. The van der Waals surface area contributed by atoms with E-state index < -0.39 is 16.6 Å². The fraction of sp³-hybridized carbons (Fsp3) is 0.0769. The van der Waals surface area contributed by atoms with Gasteiger partial charge in [0.1, 0.15) is 11.6 Å². The number of hydrogen-bond donors (Lipinski definition) is 0. The number of rotatable bonds is 3. The van der Waals surface area contributed by atoms with Gasteiger partial charge < -0.3 is 0 Å². The van der Waals surface area contributed by atoms with E-state index in [0.717, 1.165) is 0 Å². The lowest BCUT2D eigenvalue weighted by atomic mass is 10.2. The van der Waals surface area contributed by atoms with Crippen molar-refractivity contribution in [3.63, 3.8) is 0 Å². The molecule has 0 saturated heterocycles. The van der Waals surface area contributed by atoms with E-state index in [1.54, 1.807) is 0 Å². The molecule has 5 heteroatoms. The predicted molar refractivity (Wildman–Crippen MR) is 67.9 cm³/mol. The minimum atomic E-state index is -1.31. The molecule has 1 unspecified atom stereocenters. The van der Waals surface area contributed by atoms with Crippen LogP contribution in [0.1, 0.15) is 5.56 Å².